The van der Waals surface area contributed by atoms with Crippen molar-refractivity contribution in [3.63, 3.8) is 0 Å². The number of hydrogen-bond donors (Lipinski definition) is 1. The van der Waals surface area contributed by atoms with E-state index in [9.17, 15) is 0 Å². The van der Waals surface area contributed by atoms with E-state index in [1.165, 1.54) is 0 Å². The van der Waals surface area contributed by atoms with Gasteiger partial charge in [0.2, 0.25) is 5.82 Å². The molecular formula is C22H19ClN4O2. The smallest absolute Gasteiger partial charge is 0.264 e. The summed E-state index contributed by atoms with van der Waals surface area (Å²) in [6, 6.07) is 17.4. The van der Waals surface area contributed by atoms with Gasteiger partial charge < -0.3 is 14.6 Å². The lowest BCUT2D eigenvalue weighted by Gasteiger charge is -2.11. The maximum absolute atomic E-state index is 6.16. The third-order valence-electron chi connectivity index (χ3n) is 4.38. The predicted octanol–water partition coefficient (Wildman–Crippen LogP) is 5.38. The van der Waals surface area contributed by atoms with E-state index in [0.29, 0.717) is 22.6 Å². The van der Waals surface area contributed by atoms with E-state index >= 15 is 0 Å². The summed E-state index contributed by atoms with van der Waals surface area (Å²) < 4.78 is 11.4. The molecular weight excluding hydrogens is 388 g/mol. The number of benzene rings is 2. The average molecular weight is 407 g/mol. The molecule has 0 saturated carbocycles. The maximum Gasteiger partial charge on any atom is 0.264 e. The zero-order valence-corrected chi connectivity index (χ0v) is 16.8. The average Bonchev–Trinajstić information content (AvgIpc) is 3.21. The fourth-order valence-electron chi connectivity index (χ4n) is 3.00. The minimum absolute atomic E-state index is 0.152. The second-order valence-electron chi connectivity index (χ2n) is 6.46. The molecule has 2 aromatic heterocycles. The van der Waals surface area contributed by atoms with Crippen LogP contribution in [0.25, 0.3) is 22.5 Å². The molecule has 0 spiro atoms. The second kappa shape index (κ2) is 8.32. The van der Waals surface area contributed by atoms with Gasteiger partial charge in [-0.05, 0) is 48.9 Å². The van der Waals surface area contributed by atoms with Crippen LogP contribution in [0.1, 0.15) is 11.5 Å². The normalized spacial score (nSPS) is 10.7. The summed E-state index contributed by atoms with van der Waals surface area (Å²) in [4.78, 5) is 8.70. The van der Waals surface area contributed by atoms with Crippen molar-refractivity contribution in [2.24, 2.45) is 0 Å². The van der Waals surface area contributed by atoms with Gasteiger partial charge in [0.1, 0.15) is 11.6 Å². The quantitative estimate of drug-likeness (QED) is 0.463. The van der Waals surface area contributed by atoms with Crippen molar-refractivity contribution in [1.29, 1.82) is 0 Å². The number of nitrogens with zero attached hydrogens (tertiary/aromatic N) is 3. The molecule has 6 nitrogen and oxygen atoms in total. The van der Waals surface area contributed by atoms with Crippen molar-refractivity contribution >= 4 is 17.4 Å². The first kappa shape index (κ1) is 19.0. The molecule has 0 unspecified atom stereocenters. The molecule has 29 heavy (non-hydrogen) atoms. The summed E-state index contributed by atoms with van der Waals surface area (Å²) in [6.45, 7) is 2.19. The molecule has 2 heterocycles. The van der Waals surface area contributed by atoms with E-state index in [4.69, 9.17) is 20.9 Å². The van der Waals surface area contributed by atoms with Crippen LogP contribution in [0.15, 0.2) is 65.3 Å². The number of hydrogen-bond acceptors (Lipinski definition) is 6. The number of anilines is 1. The topological polar surface area (TPSA) is 73.1 Å². The van der Waals surface area contributed by atoms with E-state index in [1.54, 1.807) is 13.2 Å². The van der Waals surface area contributed by atoms with Gasteiger partial charge in [0.15, 0.2) is 6.61 Å². The second-order valence-corrected chi connectivity index (χ2v) is 6.90. The monoisotopic (exact) mass is 406 g/mol. The molecule has 0 bridgehead atoms. The summed E-state index contributed by atoms with van der Waals surface area (Å²) in [5.74, 6) is 2.24. The van der Waals surface area contributed by atoms with E-state index < -0.39 is 0 Å². The van der Waals surface area contributed by atoms with Crippen LogP contribution in [0.4, 0.5) is 5.82 Å². The molecule has 2 aromatic carbocycles. The zero-order chi connectivity index (χ0) is 20.2. The largest absolute Gasteiger partial charge is 0.483 e. The van der Waals surface area contributed by atoms with Crippen molar-refractivity contribution in [3.05, 3.63) is 77.3 Å². The van der Waals surface area contributed by atoms with Crippen LogP contribution in [-0.2, 0) is 6.61 Å². The van der Waals surface area contributed by atoms with Crippen LogP contribution in [0.2, 0.25) is 5.02 Å². The zero-order valence-electron chi connectivity index (χ0n) is 16.0. The lowest BCUT2D eigenvalue weighted by atomic mass is 10.0. The molecule has 0 radical (unpaired) electrons. The van der Waals surface area contributed by atoms with Gasteiger partial charge in [-0.15, -0.1) is 0 Å². The fraction of sp³-hybridized carbons (Fsp3) is 0.136. The third kappa shape index (κ3) is 4.22. The summed E-state index contributed by atoms with van der Waals surface area (Å²) in [6.07, 6.45) is 1.70. The Bertz CT molecular complexity index is 1140. The Morgan fingerprint density at radius 3 is 2.79 bits per heavy atom. The van der Waals surface area contributed by atoms with Crippen LogP contribution >= 0.6 is 11.6 Å². The summed E-state index contributed by atoms with van der Waals surface area (Å²) in [5, 5.41) is 7.75. The van der Waals surface area contributed by atoms with Crippen molar-refractivity contribution in [3.8, 4) is 28.3 Å². The highest BCUT2D eigenvalue weighted by Crippen LogP contribution is 2.33. The van der Waals surface area contributed by atoms with Crippen molar-refractivity contribution in [2.75, 3.05) is 12.4 Å². The Kier molecular flexibility index (Phi) is 5.44. The summed E-state index contributed by atoms with van der Waals surface area (Å²) in [7, 11) is 1.80. The molecule has 0 aliphatic rings. The molecule has 146 valence electrons. The van der Waals surface area contributed by atoms with Crippen molar-refractivity contribution < 1.29 is 9.26 Å². The number of rotatable bonds is 6. The van der Waals surface area contributed by atoms with Gasteiger partial charge >= 0.3 is 0 Å². The number of aromatic nitrogens is 3. The minimum Gasteiger partial charge on any atom is -0.483 e. The van der Waals surface area contributed by atoms with E-state index in [0.717, 1.165) is 28.0 Å². The molecule has 0 saturated heterocycles. The van der Waals surface area contributed by atoms with E-state index in [1.807, 2.05) is 55.5 Å². The highest BCUT2D eigenvalue weighted by atomic mass is 35.5. The Morgan fingerprint density at radius 1 is 1.07 bits per heavy atom. The van der Waals surface area contributed by atoms with Gasteiger partial charge in [0.05, 0.1) is 5.56 Å². The van der Waals surface area contributed by atoms with Crippen LogP contribution in [0.3, 0.4) is 0 Å². The van der Waals surface area contributed by atoms with Gasteiger partial charge in [0.25, 0.3) is 5.89 Å². The first-order chi connectivity index (χ1) is 14.1. The van der Waals surface area contributed by atoms with Crippen molar-refractivity contribution in [1.82, 2.24) is 15.1 Å². The van der Waals surface area contributed by atoms with Gasteiger partial charge in [-0.2, -0.15) is 4.98 Å². The summed E-state index contributed by atoms with van der Waals surface area (Å²) >= 11 is 6.16. The number of halogens is 1. The Hall–Kier alpha value is -3.38. The minimum atomic E-state index is 0.152. The Balaban J connectivity index is 1.57. The number of aryl methyl sites for hydroxylation is 1. The number of nitrogens with one attached hydrogen (secondary N) is 1. The highest BCUT2D eigenvalue weighted by Gasteiger charge is 2.14. The molecule has 0 amide bonds. The van der Waals surface area contributed by atoms with Crippen molar-refractivity contribution in [2.45, 2.75) is 13.5 Å². The van der Waals surface area contributed by atoms with Crippen LogP contribution < -0.4 is 10.1 Å². The maximum atomic E-state index is 6.16. The molecule has 4 aromatic rings. The van der Waals surface area contributed by atoms with E-state index in [-0.39, 0.29) is 6.61 Å². The Labute approximate surface area is 173 Å². The third-order valence-corrected chi connectivity index (χ3v) is 4.61. The lowest BCUT2D eigenvalue weighted by molar-refractivity contribution is 0.244. The molecule has 4 rings (SSSR count). The molecule has 0 aliphatic heterocycles. The molecule has 0 aliphatic carbocycles. The molecule has 0 atom stereocenters. The Morgan fingerprint density at radius 2 is 1.97 bits per heavy atom. The molecule has 1 N–H and O–H groups in total. The number of pyridine rings is 1. The van der Waals surface area contributed by atoms with Gasteiger partial charge in [0, 0.05) is 23.8 Å². The predicted molar refractivity (Wildman–Crippen MR) is 113 cm³/mol. The first-order valence-corrected chi connectivity index (χ1v) is 9.47. The molecule has 0 fully saturated rings. The number of ether oxygens (including phenoxy) is 1. The van der Waals surface area contributed by atoms with Gasteiger partial charge in [-0.25, -0.2) is 4.98 Å². The van der Waals surface area contributed by atoms with Crippen LogP contribution in [-0.4, -0.2) is 22.2 Å². The van der Waals surface area contributed by atoms with E-state index in [2.05, 4.69) is 26.5 Å². The lowest BCUT2D eigenvalue weighted by Crippen LogP contribution is -1.98. The highest BCUT2D eigenvalue weighted by molar-refractivity contribution is 6.30. The fourth-order valence-corrected chi connectivity index (χ4v) is 3.19. The SMILES string of the molecule is CNc1ncccc1-c1noc(COc2ccc(C)cc2-c2cccc(Cl)c2)n1. The summed E-state index contributed by atoms with van der Waals surface area (Å²) in [5.41, 5.74) is 3.83. The van der Waals surface area contributed by atoms with Crippen LogP contribution in [0.5, 0.6) is 5.75 Å². The standard InChI is InChI=1S/C22H19ClN4O2/c1-14-8-9-19(18(11-14)15-5-3-6-16(23)12-15)28-13-20-26-22(27-29-20)17-7-4-10-25-21(17)24-2/h3-12H,13H2,1-2H3,(H,24,25). The van der Waals surface area contributed by atoms with Crippen LogP contribution in [0, 0.1) is 6.92 Å². The molecule has 7 heteroatoms. The van der Waals surface area contributed by atoms with Gasteiger partial charge in [-0.1, -0.05) is 40.5 Å². The first-order valence-electron chi connectivity index (χ1n) is 9.09. The van der Waals surface area contributed by atoms with Gasteiger partial charge in [-0.3, -0.25) is 0 Å².